The Hall–Kier alpha value is -2.31. The van der Waals surface area contributed by atoms with Gasteiger partial charge in [0.25, 0.3) is 0 Å². The number of hydrogen-bond acceptors (Lipinski definition) is 2. The van der Waals surface area contributed by atoms with E-state index in [9.17, 15) is 22.8 Å². The Balaban J connectivity index is 1.85. The molecule has 2 N–H and O–H groups in total. The van der Waals surface area contributed by atoms with Gasteiger partial charge in [0, 0.05) is 11.4 Å². The van der Waals surface area contributed by atoms with Crippen LogP contribution in [-0.2, 0) is 9.59 Å². The second-order valence-corrected chi connectivity index (χ2v) is 5.78. The van der Waals surface area contributed by atoms with E-state index in [1.165, 1.54) is 49.6 Å². The number of anilines is 2. The minimum atomic E-state index is -4.93. The summed E-state index contributed by atoms with van der Waals surface area (Å²) in [6, 6.07) is 5.45. The molecule has 0 heterocycles. The van der Waals surface area contributed by atoms with Crippen molar-refractivity contribution >= 4 is 23.2 Å². The lowest BCUT2D eigenvalue weighted by Gasteiger charge is -2.17. The molecule has 1 aliphatic carbocycles. The van der Waals surface area contributed by atoms with E-state index in [0.29, 0.717) is 11.6 Å². The first-order chi connectivity index (χ1) is 11.3. The van der Waals surface area contributed by atoms with Crippen molar-refractivity contribution in [1.29, 1.82) is 0 Å². The molecule has 0 radical (unpaired) electrons. The van der Waals surface area contributed by atoms with Crippen molar-refractivity contribution in [2.45, 2.75) is 38.3 Å². The van der Waals surface area contributed by atoms with Crippen LogP contribution in [0.2, 0.25) is 0 Å². The van der Waals surface area contributed by atoms with Crippen molar-refractivity contribution in [2.24, 2.45) is 5.92 Å². The molecule has 1 fully saturated rings. The Bertz CT molecular complexity index is 603. The summed E-state index contributed by atoms with van der Waals surface area (Å²) in [7, 11) is 0. The summed E-state index contributed by atoms with van der Waals surface area (Å²) < 4.78 is 36.4. The van der Waals surface area contributed by atoms with Gasteiger partial charge in [0.05, 0.1) is 0 Å². The maximum absolute atomic E-state index is 12.1. The molecular weight excluding hydrogens is 321 g/mol. The second kappa shape index (κ2) is 7.99. The van der Waals surface area contributed by atoms with Crippen molar-refractivity contribution in [3.8, 4) is 0 Å². The number of carbonyl (C=O) groups excluding carboxylic acids is 2. The zero-order valence-corrected chi connectivity index (χ0v) is 13.0. The van der Waals surface area contributed by atoms with Crippen molar-refractivity contribution in [1.82, 2.24) is 0 Å². The predicted molar refractivity (Wildman–Crippen MR) is 85.5 cm³/mol. The second-order valence-electron chi connectivity index (χ2n) is 5.78. The van der Waals surface area contributed by atoms with E-state index in [1.807, 2.05) is 6.08 Å². The molecule has 24 heavy (non-hydrogen) atoms. The number of carbonyl (C=O) groups is 2. The van der Waals surface area contributed by atoms with Crippen molar-refractivity contribution < 1.29 is 22.8 Å². The fraction of sp³-hybridized carbons (Fsp3) is 0.412. The summed E-state index contributed by atoms with van der Waals surface area (Å²) in [5.41, 5.74) is 0.450. The summed E-state index contributed by atoms with van der Waals surface area (Å²) in [5.74, 6) is -1.88. The Morgan fingerprint density at radius 3 is 2.04 bits per heavy atom. The Kier molecular flexibility index (Phi) is 6.00. The highest BCUT2D eigenvalue weighted by Crippen LogP contribution is 2.24. The van der Waals surface area contributed by atoms with Crippen molar-refractivity contribution in [3.05, 3.63) is 36.4 Å². The molecule has 1 saturated carbocycles. The number of benzene rings is 1. The molecule has 0 atom stereocenters. The molecule has 0 aromatic heterocycles. The lowest BCUT2D eigenvalue weighted by molar-refractivity contribution is -0.167. The van der Waals surface area contributed by atoms with Crippen LogP contribution >= 0.6 is 0 Å². The summed E-state index contributed by atoms with van der Waals surface area (Å²) in [4.78, 5) is 22.7. The third-order valence-electron chi connectivity index (χ3n) is 3.84. The fourth-order valence-electron chi connectivity index (χ4n) is 2.57. The number of rotatable bonds is 4. The van der Waals surface area contributed by atoms with Gasteiger partial charge in [-0.2, -0.15) is 13.2 Å². The van der Waals surface area contributed by atoms with Gasteiger partial charge in [0.2, 0.25) is 5.91 Å². The lowest BCUT2D eigenvalue weighted by atomic mass is 9.89. The van der Waals surface area contributed by atoms with Gasteiger partial charge < -0.3 is 10.6 Å². The minimum Gasteiger partial charge on any atom is -0.323 e. The molecule has 0 aliphatic heterocycles. The molecule has 130 valence electrons. The summed E-state index contributed by atoms with van der Waals surface area (Å²) >= 11 is 0. The third kappa shape index (κ3) is 5.72. The van der Waals surface area contributed by atoms with E-state index in [2.05, 4.69) is 5.32 Å². The highest BCUT2D eigenvalue weighted by Gasteiger charge is 2.38. The first-order valence-electron chi connectivity index (χ1n) is 7.82. The average Bonchev–Trinajstić information content (AvgIpc) is 2.55. The van der Waals surface area contributed by atoms with Crippen LogP contribution < -0.4 is 10.6 Å². The topological polar surface area (TPSA) is 58.2 Å². The van der Waals surface area contributed by atoms with Crippen LogP contribution in [0.25, 0.3) is 0 Å². The molecule has 1 aromatic carbocycles. The fourth-order valence-corrected chi connectivity index (χ4v) is 2.57. The van der Waals surface area contributed by atoms with E-state index >= 15 is 0 Å². The Morgan fingerprint density at radius 2 is 1.50 bits per heavy atom. The quantitative estimate of drug-likeness (QED) is 0.805. The third-order valence-corrected chi connectivity index (χ3v) is 3.84. The number of halogens is 3. The molecule has 4 nitrogen and oxygen atoms in total. The van der Waals surface area contributed by atoms with E-state index in [0.717, 1.165) is 12.8 Å². The van der Waals surface area contributed by atoms with Gasteiger partial charge in [-0.05, 0) is 49.1 Å². The van der Waals surface area contributed by atoms with Crippen LogP contribution in [0, 0.1) is 5.92 Å². The number of amides is 2. The largest absolute Gasteiger partial charge is 0.471 e. The van der Waals surface area contributed by atoms with E-state index < -0.39 is 12.1 Å². The van der Waals surface area contributed by atoms with Crippen LogP contribution in [0.4, 0.5) is 24.5 Å². The predicted octanol–water partition coefficient (Wildman–Crippen LogP) is 4.26. The molecular formula is C17H19F3N2O2. The molecule has 1 aromatic rings. The Morgan fingerprint density at radius 1 is 0.958 bits per heavy atom. The molecule has 0 bridgehead atoms. The summed E-state index contributed by atoms with van der Waals surface area (Å²) in [6.07, 6.45) is 4.27. The zero-order valence-electron chi connectivity index (χ0n) is 13.0. The molecule has 1 aliphatic rings. The van der Waals surface area contributed by atoms with Crippen LogP contribution in [0.5, 0.6) is 0 Å². The molecule has 2 rings (SSSR count). The van der Waals surface area contributed by atoms with Gasteiger partial charge in [0.1, 0.15) is 0 Å². The monoisotopic (exact) mass is 340 g/mol. The standard InChI is InChI=1S/C17H19F3N2O2/c18-17(19,20)16(24)22-14-9-7-13(8-10-14)21-15(23)11-6-12-4-2-1-3-5-12/h6-12H,1-5H2,(H,21,23)(H,22,24)/b11-6+. The van der Waals surface area contributed by atoms with Gasteiger partial charge in [-0.15, -0.1) is 0 Å². The number of allylic oxidation sites excluding steroid dienone is 1. The molecule has 0 spiro atoms. The maximum atomic E-state index is 12.1. The van der Waals surface area contributed by atoms with Crippen LogP contribution in [0.1, 0.15) is 32.1 Å². The highest BCUT2D eigenvalue weighted by atomic mass is 19.4. The van der Waals surface area contributed by atoms with Crippen LogP contribution in [-0.4, -0.2) is 18.0 Å². The van der Waals surface area contributed by atoms with Gasteiger partial charge in [-0.25, -0.2) is 0 Å². The molecule has 0 saturated heterocycles. The smallest absolute Gasteiger partial charge is 0.323 e. The first kappa shape index (κ1) is 18.0. The van der Waals surface area contributed by atoms with Crippen LogP contribution in [0.3, 0.4) is 0 Å². The van der Waals surface area contributed by atoms with Gasteiger partial charge >= 0.3 is 12.1 Å². The Labute approximate surface area is 138 Å². The van der Waals surface area contributed by atoms with Gasteiger partial charge in [0.15, 0.2) is 0 Å². The van der Waals surface area contributed by atoms with Gasteiger partial charge in [-0.3, -0.25) is 9.59 Å². The highest BCUT2D eigenvalue weighted by molar-refractivity contribution is 5.99. The molecule has 7 heteroatoms. The average molecular weight is 340 g/mol. The first-order valence-corrected chi connectivity index (χ1v) is 7.82. The van der Waals surface area contributed by atoms with Crippen molar-refractivity contribution in [2.75, 3.05) is 10.6 Å². The number of alkyl halides is 3. The normalized spacial score (nSPS) is 16.1. The summed E-state index contributed by atoms with van der Waals surface area (Å²) in [6.45, 7) is 0. The van der Waals surface area contributed by atoms with E-state index in [1.54, 1.807) is 5.32 Å². The number of nitrogens with one attached hydrogen (secondary N) is 2. The van der Waals surface area contributed by atoms with Crippen molar-refractivity contribution in [3.63, 3.8) is 0 Å². The molecule has 2 amide bonds. The zero-order chi connectivity index (χ0) is 17.6. The van der Waals surface area contributed by atoms with Gasteiger partial charge in [-0.1, -0.05) is 25.3 Å². The minimum absolute atomic E-state index is 0.00747. The molecule has 0 unspecified atom stereocenters. The maximum Gasteiger partial charge on any atom is 0.471 e. The SMILES string of the molecule is O=C(/C=C/C1CCCCC1)Nc1ccc(NC(=O)C(F)(F)F)cc1. The van der Waals surface area contributed by atoms with E-state index in [-0.39, 0.29) is 11.6 Å². The van der Waals surface area contributed by atoms with Crippen LogP contribution in [0.15, 0.2) is 36.4 Å². The van der Waals surface area contributed by atoms with E-state index in [4.69, 9.17) is 0 Å². The summed E-state index contributed by atoms with van der Waals surface area (Å²) in [5, 5.41) is 4.37. The lowest BCUT2D eigenvalue weighted by Crippen LogP contribution is -2.29. The number of hydrogen-bond donors (Lipinski definition) is 2.